The largest absolute Gasteiger partial charge is 0.481 e. The average Bonchev–Trinajstić information content (AvgIpc) is 3.50. The molecule has 152 valence electrons. The number of aliphatic carboxylic acids is 1. The molecule has 0 amide bonds. The summed E-state index contributed by atoms with van der Waals surface area (Å²) in [6.45, 7) is 6.48. The molecule has 0 radical (unpaired) electrons. The lowest BCUT2D eigenvalue weighted by Gasteiger charge is -2.00. The molecule has 0 unspecified atom stereocenters. The Morgan fingerprint density at radius 1 is 1.04 bits per heavy atom. The molecule has 0 aliphatic heterocycles. The van der Waals surface area contributed by atoms with Crippen molar-refractivity contribution in [3.63, 3.8) is 0 Å². The molecule has 2 saturated carbocycles. The van der Waals surface area contributed by atoms with Crippen molar-refractivity contribution in [3.8, 4) is 0 Å². The molecule has 8 heteroatoms. The number of esters is 1. The Kier molecular flexibility index (Phi) is 7.05. The number of carbonyl (C=O) groups excluding carboxylic acids is 1. The zero-order chi connectivity index (χ0) is 20.6. The summed E-state index contributed by atoms with van der Waals surface area (Å²) in [5.41, 5.74) is 2.52. The van der Waals surface area contributed by atoms with E-state index in [4.69, 9.17) is 9.84 Å². The summed E-state index contributed by atoms with van der Waals surface area (Å²) in [5, 5.41) is 8.77. The molecule has 4 atom stereocenters. The second-order valence-electron chi connectivity index (χ2n) is 7.11. The van der Waals surface area contributed by atoms with Crippen molar-refractivity contribution in [2.45, 2.75) is 45.4 Å². The van der Waals surface area contributed by atoms with Crippen molar-refractivity contribution in [1.82, 2.24) is 0 Å². The number of rotatable bonds is 5. The average molecular weight is 550 g/mol. The fourth-order valence-corrected chi connectivity index (χ4v) is 7.08. The molecule has 2 aromatic rings. The number of carboxylic acids is 1. The lowest BCUT2D eigenvalue weighted by atomic mass is 10.1. The van der Waals surface area contributed by atoms with Gasteiger partial charge in [0.15, 0.2) is 0 Å². The molecule has 0 aromatic carbocycles. The fourth-order valence-electron chi connectivity index (χ4n) is 3.51. The second-order valence-corrected chi connectivity index (χ2v) is 12.4. The molecule has 2 aliphatic rings. The molecule has 0 bridgehead atoms. The molecule has 4 rings (SSSR count). The highest BCUT2D eigenvalue weighted by atomic mass is 79.9. The minimum absolute atomic E-state index is 0.0378. The van der Waals surface area contributed by atoms with Gasteiger partial charge in [0.05, 0.1) is 26.0 Å². The van der Waals surface area contributed by atoms with Gasteiger partial charge in [-0.25, -0.2) is 0 Å². The Balaban J connectivity index is 0.000000162. The molecule has 2 fully saturated rings. The van der Waals surface area contributed by atoms with Crippen molar-refractivity contribution in [2.24, 2.45) is 11.8 Å². The minimum atomic E-state index is -0.660. The van der Waals surface area contributed by atoms with Crippen LogP contribution in [-0.4, -0.2) is 23.7 Å². The molecule has 2 heterocycles. The first-order valence-electron chi connectivity index (χ1n) is 9.14. The van der Waals surface area contributed by atoms with Crippen molar-refractivity contribution in [2.75, 3.05) is 6.61 Å². The first-order chi connectivity index (χ1) is 13.2. The summed E-state index contributed by atoms with van der Waals surface area (Å²) in [5.74, 6) is -0.0760. The Morgan fingerprint density at radius 3 is 1.86 bits per heavy atom. The number of ether oxygens (including phenoxy) is 1. The summed E-state index contributed by atoms with van der Waals surface area (Å²) < 4.78 is 7.25. The van der Waals surface area contributed by atoms with Crippen LogP contribution in [-0.2, 0) is 14.3 Å². The van der Waals surface area contributed by atoms with Gasteiger partial charge in [-0.1, -0.05) is 0 Å². The zero-order valence-corrected chi connectivity index (χ0v) is 20.6. The van der Waals surface area contributed by atoms with Crippen molar-refractivity contribution in [1.29, 1.82) is 0 Å². The van der Waals surface area contributed by atoms with E-state index in [-0.39, 0.29) is 23.7 Å². The maximum atomic E-state index is 11.5. The van der Waals surface area contributed by atoms with Gasteiger partial charge in [-0.05, 0) is 101 Å². The highest BCUT2D eigenvalue weighted by Gasteiger charge is 2.46. The summed E-state index contributed by atoms with van der Waals surface area (Å²) in [4.78, 5) is 24.7. The van der Waals surface area contributed by atoms with Crippen LogP contribution in [0.15, 0.2) is 19.7 Å². The Morgan fingerprint density at radius 2 is 1.50 bits per heavy atom. The van der Waals surface area contributed by atoms with Crippen LogP contribution in [0.4, 0.5) is 0 Å². The van der Waals surface area contributed by atoms with Crippen LogP contribution >= 0.6 is 54.5 Å². The van der Waals surface area contributed by atoms with E-state index in [1.807, 2.05) is 19.9 Å². The van der Waals surface area contributed by atoms with E-state index >= 15 is 0 Å². The van der Waals surface area contributed by atoms with Crippen molar-refractivity contribution >= 4 is 66.5 Å². The van der Waals surface area contributed by atoms with E-state index in [9.17, 15) is 9.59 Å². The zero-order valence-electron chi connectivity index (χ0n) is 15.8. The van der Waals surface area contributed by atoms with Gasteiger partial charge in [-0.2, -0.15) is 0 Å². The topological polar surface area (TPSA) is 63.6 Å². The number of hydrogen-bond acceptors (Lipinski definition) is 5. The van der Waals surface area contributed by atoms with Crippen molar-refractivity contribution < 1.29 is 19.4 Å². The molecular weight excluding hydrogens is 528 g/mol. The first-order valence-corrected chi connectivity index (χ1v) is 12.4. The predicted molar refractivity (Wildman–Crippen MR) is 119 cm³/mol. The van der Waals surface area contributed by atoms with Crippen LogP contribution in [0.25, 0.3) is 0 Å². The number of carboxylic acid groups (broad SMARTS) is 1. The Bertz CT molecular complexity index is 889. The third kappa shape index (κ3) is 5.07. The van der Waals surface area contributed by atoms with Gasteiger partial charge in [0.2, 0.25) is 0 Å². The summed E-state index contributed by atoms with van der Waals surface area (Å²) in [6, 6.07) is 4.18. The van der Waals surface area contributed by atoms with Crippen LogP contribution in [0, 0.1) is 25.7 Å². The van der Waals surface area contributed by atoms with E-state index in [0.717, 1.165) is 20.4 Å². The van der Waals surface area contributed by atoms with E-state index in [2.05, 4.69) is 44.8 Å². The minimum Gasteiger partial charge on any atom is -0.481 e. The molecule has 2 aliphatic carbocycles. The maximum absolute atomic E-state index is 11.5. The van der Waals surface area contributed by atoms with Crippen LogP contribution in [0.5, 0.6) is 0 Å². The molecule has 4 nitrogen and oxygen atoms in total. The predicted octanol–water partition coefficient (Wildman–Crippen LogP) is 6.49. The third-order valence-corrected chi connectivity index (χ3v) is 8.28. The third-order valence-electron chi connectivity index (χ3n) is 5.14. The van der Waals surface area contributed by atoms with Gasteiger partial charge in [0.1, 0.15) is 0 Å². The Hall–Kier alpha value is -0.700. The monoisotopic (exact) mass is 548 g/mol. The van der Waals surface area contributed by atoms with E-state index in [0.29, 0.717) is 12.5 Å². The van der Waals surface area contributed by atoms with Crippen LogP contribution in [0.2, 0.25) is 0 Å². The standard InChI is InChI=1S/C11H13BrO2S.C9H9BrO2S/c1-3-14-11(13)9-4-8(9)7-5-10(12)15-6(7)2;1-4-5(3-8(10)13-4)6-2-7(6)9(11)12/h5,8-9H,3-4H2,1-2H3;3,6-7H,2H2,1H3,(H,11,12)/t8-,9+;6-,7+/m00/s1. The van der Waals surface area contributed by atoms with Gasteiger partial charge >= 0.3 is 11.9 Å². The normalized spacial score (nSPS) is 24.9. The van der Waals surface area contributed by atoms with Crippen LogP contribution in [0.1, 0.15) is 52.5 Å². The molecular formula is C20H22Br2O4S2. The number of halogens is 2. The maximum Gasteiger partial charge on any atom is 0.309 e. The molecule has 1 N–H and O–H groups in total. The summed E-state index contributed by atoms with van der Waals surface area (Å²) in [6.07, 6.45) is 1.75. The van der Waals surface area contributed by atoms with Gasteiger partial charge < -0.3 is 9.84 Å². The number of carbonyl (C=O) groups is 2. The summed E-state index contributed by atoms with van der Waals surface area (Å²) >= 11 is 10.3. The number of thiophene rings is 2. The van der Waals surface area contributed by atoms with E-state index < -0.39 is 5.97 Å². The first kappa shape index (κ1) is 22.0. The number of hydrogen-bond donors (Lipinski definition) is 1. The molecule has 0 spiro atoms. The van der Waals surface area contributed by atoms with Crippen LogP contribution in [0.3, 0.4) is 0 Å². The molecule has 2 aromatic heterocycles. The smallest absolute Gasteiger partial charge is 0.309 e. The second kappa shape index (κ2) is 8.98. The van der Waals surface area contributed by atoms with E-state index in [1.165, 1.54) is 20.9 Å². The lowest BCUT2D eigenvalue weighted by molar-refractivity contribution is -0.144. The van der Waals surface area contributed by atoms with Gasteiger partial charge in [0, 0.05) is 9.75 Å². The van der Waals surface area contributed by atoms with Gasteiger partial charge in [0.25, 0.3) is 0 Å². The van der Waals surface area contributed by atoms with Gasteiger partial charge in [-0.3, -0.25) is 9.59 Å². The molecule has 0 saturated heterocycles. The number of aryl methyl sites for hydroxylation is 2. The highest BCUT2D eigenvalue weighted by Crippen LogP contribution is 2.51. The fraction of sp³-hybridized carbons (Fsp3) is 0.500. The highest BCUT2D eigenvalue weighted by molar-refractivity contribution is 9.11. The summed E-state index contributed by atoms with van der Waals surface area (Å²) in [7, 11) is 0. The lowest BCUT2D eigenvalue weighted by Crippen LogP contribution is -2.07. The van der Waals surface area contributed by atoms with E-state index in [1.54, 1.807) is 22.7 Å². The van der Waals surface area contributed by atoms with Crippen LogP contribution < -0.4 is 0 Å². The van der Waals surface area contributed by atoms with Crippen molar-refractivity contribution in [3.05, 3.63) is 40.6 Å². The SMILES string of the molecule is CCOC(=O)[C@@H]1C[C@H]1c1cc(Br)sc1C.Cc1sc(Br)cc1[C@@H]1C[C@H]1C(=O)O. The van der Waals surface area contributed by atoms with Gasteiger partial charge in [-0.15, -0.1) is 22.7 Å². The molecule has 28 heavy (non-hydrogen) atoms. The quantitative estimate of drug-likeness (QED) is 0.433. The Labute approximate surface area is 189 Å².